The molecule has 4 heteroatoms. The van der Waals surface area contributed by atoms with Crippen molar-refractivity contribution in [3.8, 4) is 5.75 Å². The highest BCUT2D eigenvalue weighted by Gasteiger charge is 2.06. The number of nitrogens with one attached hydrogen (secondary N) is 1. The molecule has 0 aliphatic rings. The summed E-state index contributed by atoms with van der Waals surface area (Å²) >= 11 is 0. The molecular weight excluding hydrogens is 192 g/mol. The first-order valence-corrected chi connectivity index (χ1v) is 4.88. The quantitative estimate of drug-likeness (QED) is 0.804. The normalized spacial score (nSPS) is 11.1. The number of benzene rings is 1. The summed E-state index contributed by atoms with van der Waals surface area (Å²) in [6.07, 6.45) is 0.755. The molecule has 0 spiro atoms. The Hall–Kier alpha value is -1.55. The molecule has 2 aromatic rings. The monoisotopic (exact) mass is 206 g/mol. The summed E-state index contributed by atoms with van der Waals surface area (Å²) in [5.41, 5.74) is 2.77. The minimum atomic E-state index is 0.266. The van der Waals surface area contributed by atoms with E-state index < -0.39 is 0 Å². The number of hydrogen-bond acceptors (Lipinski definition) is 3. The number of ether oxygens (including phenoxy) is 1. The van der Waals surface area contributed by atoms with Gasteiger partial charge in [-0.2, -0.15) is 0 Å². The topological polar surface area (TPSA) is 58.1 Å². The van der Waals surface area contributed by atoms with E-state index >= 15 is 0 Å². The number of aryl methyl sites for hydroxylation is 1. The van der Waals surface area contributed by atoms with Gasteiger partial charge in [0.15, 0.2) is 0 Å². The van der Waals surface area contributed by atoms with Gasteiger partial charge in [0.1, 0.15) is 11.6 Å². The second-order valence-corrected chi connectivity index (χ2v) is 3.59. The summed E-state index contributed by atoms with van der Waals surface area (Å²) < 4.78 is 4.99. The molecule has 2 rings (SSSR count). The fraction of sp³-hybridized carbons (Fsp3) is 0.364. The van der Waals surface area contributed by atoms with Crippen molar-refractivity contribution in [1.82, 2.24) is 9.97 Å². The molecule has 0 fully saturated rings. The first-order chi connectivity index (χ1) is 7.20. The van der Waals surface area contributed by atoms with Crippen molar-refractivity contribution in [3.63, 3.8) is 0 Å². The number of hydrogen-bond donors (Lipinski definition) is 2. The molecule has 0 atom stereocenters. The summed E-state index contributed by atoms with van der Waals surface area (Å²) in [7, 11) is 1.67. The second kappa shape index (κ2) is 3.90. The zero-order valence-corrected chi connectivity index (χ0v) is 8.87. The molecule has 0 saturated carbocycles. The van der Waals surface area contributed by atoms with Gasteiger partial charge < -0.3 is 14.8 Å². The smallest absolute Gasteiger partial charge is 0.118 e. The Bertz CT molecular complexity index is 477. The molecule has 2 N–H and O–H groups in total. The molecule has 1 aromatic carbocycles. The van der Waals surface area contributed by atoms with Crippen LogP contribution in [0.1, 0.15) is 11.4 Å². The van der Waals surface area contributed by atoms with E-state index in [1.807, 2.05) is 6.92 Å². The third-order valence-corrected chi connectivity index (χ3v) is 2.35. The highest BCUT2D eigenvalue weighted by Crippen LogP contribution is 2.22. The lowest BCUT2D eigenvalue weighted by Crippen LogP contribution is -1.95. The van der Waals surface area contributed by atoms with Crippen LogP contribution >= 0.6 is 0 Å². The number of phenols is 1. The summed E-state index contributed by atoms with van der Waals surface area (Å²) in [5.74, 6) is 1.16. The lowest BCUT2D eigenvalue weighted by atomic mass is 10.2. The number of H-pyrrole nitrogens is 1. The number of aromatic nitrogens is 2. The molecule has 4 nitrogen and oxygen atoms in total. The van der Waals surface area contributed by atoms with Gasteiger partial charge in [-0.15, -0.1) is 0 Å². The molecule has 0 radical (unpaired) electrons. The summed E-state index contributed by atoms with van der Waals surface area (Å²) in [6.45, 7) is 2.58. The maximum absolute atomic E-state index is 9.42. The van der Waals surface area contributed by atoms with Crippen molar-refractivity contribution >= 4 is 11.0 Å². The van der Waals surface area contributed by atoms with Crippen LogP contribution in [0.25, 0.3) is 11.0 Å². The summed E-state index contributed by atoms with van der Waals surface area (Å²) in [5, 5.41) is 9.42. The number of methoxy groups -OCH3 is 1. The van der Waals surface area contributed by atoms with E-state index in [1.54, 1.807) is 19.2 Å². The third kappa shape index (κ3) is 1.94. The van der Waals surface area contributed by atoms with Gasteiger partial charge in [-0.3, -0.25) is 0 Å². The standard InChI is InChI=1S/C11H14N2O2/c1-7-5-8(14)6-9-11(7)13-10(12-9)3-4-15-2/h5-6,14H,3-4H2,1-2H3,(H,12,13). The van der Waals surface area contributed by atoms with Crippen molar-refractivity contribution in [2.75, 3.05) is 13.7 Å². The van der Waals surface area contributed by atoms with Gasteiger partial charge in [0.05, 0.1) is 17.6 Å². The number of rotatable bonds is 3. The van der Waals surface area contributed by atoms with Crippen LogP contribution < -0.4 is 0 Å². The van der Waals surface area contributed by atoms with Gasteiger partial charge in [-0.05, 0) is 18.6 Å². The van der Waals surface area contributed by atoms with Gasteiger partial charge in [-0.25, -0.2) is 4.98 Å². The van der Waals surface area contributed by atoms with Crippen molar-refractivity contribution < 1.29 is 9.84 Å². The van der Waals surface area contributed by atoms with E-state index in [0.717, 1.165) is 28.8 Å². The van der Waals surface area contributed by atoms with E-state index in [2.05, 4.69) is 9.97 Å². The number of aromatic amines is 1. The molecule has 0 unspecified atom stereocenters. The molecule has 0 saturated heterocycles. The van der Waals surface area contributed by atoms with Crippen LogP contribution in [0.15, 0.2) is 12.1 Å². The molecule has 1 heterocycles. The second-order valence-electron chi connectivity index (χ2n) is 3.59. The molecular formula is C11H14N2O2. The van der Waals surface area contributed by atoms with E-state index in [0.29, 0.717) is 6.61 Å². The average Bonchev–Trinajstić information content (AvgIpc) is 2.57. The fourth-order valence-electron chi connectivity index (χ4n) is 1.64. The van der Waals surface area contributed by atoms with Gasteiger partial charge in [0.25, 0.3) is 0 Å². The number of imidazole rings is 1. The van der Waals surface area contributed by atoms with Crippen LogP contribution in [0.2, 0.25) is 0 Å². The molecule has 0 aliphatic heterocycles. The Morgan fingerprint density at radius 3 is 3.00 bits per heavy atom. The van der Waals surface area contributed by atoms with Crippen LogP contribution in [0, 0.1) is 6.92 Å². The summed E-state index contributed by atoms with van der Waals surface area (Å²) in [4.78, 5) is 7.61. The van der Waals surface area contributed by atoms with Gasteiger partial charge in [-0.1, -0.05) is 0 Å². The number of aromatic hydroxyl groups is 1. The van der Waals surface area contributed by atoms with Crippen LogP contribution in [0.5, 0.6) is 5.75 Å². The first-order valence-electron chi connectivity index (χ1n) is 4.88. The Morgan fingerprint density at radius 1 is 1.47 bits per heavy atom. The molecule has 0 aliphatic carbocycles. The van der Waals surface area contributed by atoms with Crippen molar-refractivity contribution in [2.45, 2.75) is 13.3 Å². The predicted octanol–water partition coefficient (Wildman–Crippen LogP) is 1.77. The minimum absolute atomic E-state index is 0.266. The van der Waals surface area contributed by atoms with E-state index in [-0.39, 0.29) is 5.75 Å². The first kappa shape index (κ1) is 9.98. The highest BCUT2D eigenvalue weighted by molar-refractivity contribution is 5.80. The Morgan fingerprint density at radius 2 is 2.27 bits per heavy atom. The van der Waals surface area contributed by atoms with E-state index in [1.165, 1.54) is 0 Å². The zero-order chi connectivity index (χ0) is 10.8. The van der Waals surface area contributed by atoms with Gasteiger partial charge in [0.2, 0.25) is 0 Å². The Labute approximate surface area is 87.9 Å². The maximum atomic E-state index is 9.42. The largest absolute Gasteiger partial charge is 0.508 e. The molecule has 1 aromatic heterocycles. The number of nitrogens with zero attached hydrogens (tertiary/aromatic N) is 1. The van der Waals surface area contributed by atoms with Crippen molar-refractivity contribution in [3.05, 3.63) is 23.5 Å². The third-order valence-electron chi connectivity index (χ3n) is 2.35. The molecule has 15 heavy (non-hydrogen) atoms. The molecule has 0 amide bonds. The zero-order valence-electron chi connectivity index (χ0n) is 8.87. The SMILES string of the molecule is COCCc1nc2c(C)cc(O)cc2[nH]1. The van der Waals surface area contributed by atoms with Crippen LogP contribution in [-0.2, 0) is 11.2 Å². The highest BCUT2D eigenvalue weighted by atomic mass is 16.5. The maximum Gasteiger partial charge on any atom is 0.118 e. The lowest BCUT2D eigenvalue weighted by molar-refractivity contribution is 0.201. The van der Waals surface area contributed by atoms with Crippen LogP contribution in [-0.4, -0.2) is 28.8 Å². The number of fused-ring (bicyclic) bond motifs is 1. The summed E-state index contributed by atoms with van der Waals surface area (Å²) in [6, 6.07) is 3.40. The van der Waals surface area contributed by atoms with Gasteiger partial charge in [0, 0.05) is 19.6 Å². The van der Waals surface area contributed by atoms with E-state index in [9.17, 15) is 5.11 Å². The predicted molar refractivity (Wildman–Crippen MR) is 58.1 cm³/mol. The average molecular weight is 206 g/mol. The number of phenolic OH excluding ortho intramolecular Hbond substituents is 1. The van der Waals surface area contributed by atoms with Crippen molar-refractivity contribution in [1.29, 1.82) is 0 Å². The fourth-order valence-corrected chi connectivity index (χ4v) is 1.64. The van der Waals surface area contributed by atoms with Gasteiger partial charge >= 0.3 is 0 Å². The molecule has 80 valence electrons. The Balaban J connectivity index is 2.41. The van der Waals surface area contributed by atoms with Crippen LogP contribution in [0.4, 0.5) is 0 Å². The Kier molecular flexibility index (Phi) is 2.60. The lowest BCUT2D eigenvalue weighted by Gasteiger charge is -1.95. The van der Waals surface area contributed by atoms with Crippen LogP contribution in [0.3, 0.4) is 0 Å². The van der Waals surface area contributed by atoms with Crippen molar-refractivity contribution in [2.24, 2.45) is 0 Å². The van der Waals surface area contributed by atoms with E-state index in [4.69, 9.17) is 4.74 Å². The minimum Gasteiger partial charge on any atom is -0.508 e. The molecule has 0 bridgehead atoms.